The Bertz CT molecular complexity index is 533. The molecule has 20 heavy (non-hydrogen) atoms. The minimum Gasteiger partial charge on any atom is -0.346 e. The fourth-order valence-corrected chi connectivity index (χ4v) is 4.09. The van der Waals surface area contributed by atoms with Crippen LogP contribution >= 0.6 is 0 Å². The highest BCUT2D eigenvalue weighted by molar-refractivity contribution is 7.89. The average molecular weight is 301 g/mol. The van der Waals surface area contributed by atoms with Gasteiger partial charge >= 0.3 is 0 Å². The third-order valence-corrected chi connectivity index (χ3v) is 5.43. The lowest BCUT2D eigenvalue weighted by molar-refractivity contribution is 0.369. The predicted octanol–water partition coefficient (Wildman–Crippen LogP) is 2.21. The number of hydrogen-bond donors (Lipinski definition) is 1. The Morgan fingerprint density at radius 1 is 1.30 bits per heavy atom. The van der Waals surface area contributed by atoms with Crippen LogP contribution in [0.1, 0.15) is 46.4 Å². The Labute approximate surface area is 123 Å². The number of nitrogens with zero attached hydrogens (tertiary/aromatic N) is 2. The highest BCUT2D eigenvalue weighted by Crippen LogP contribution is 2.23. The topological polar surface area (TPSA) is 54.3 Å². The Morgan fingerprint density at radius 2 is 1.90 bits per heavy atom. The molecule has 1 aromatic heterocycles. The van der Waals surface area contributed by atoms with Crippen LogP contribution in [0, 0.1) is 0 Å². The van der Waals surface area contributed by atoms with Crippen LogP contribution in [0.5, 0.6) is 0 Å². The molecular formula is C14H27N3O2S. The summed E-state index contributed by atoms with van der Waals surface area (Å²) in [6, 6.07) is 1.97. The van der Waals surface area contributed by atoms with Crippen molar-refractivity contribution < 1.29 is 8.42 Å². The predicted molar refractivity (Wildman–Crippen MR) is 82.3 cm³/mol. The highest BCUT2D eigenvalue weighted by atomic mass is 32.2. The van der Waals surface area contributed by atoms with Gasteiger partial charge in [-0.05, 0) is 40.8 Å². The van der Waals surface area contributed by atoms with E-state index in [0.717, 1.165) is 5.69 Å². The number of rotatable bonds is 7. The van der Waals surface area contributed by atoms with E-state index < -0.39 is 10.0 Å². The Balaban J connectivity index is 3.29. The van der Waals surface area contributed by atoms with Crippen molar-refractivity contribution in [3.8, 4) is 0 Å². The fourth-order valence-electron chi connectivity index (χ4n) is 2.39. The molecule has 0 saturated heterocycles. The van der Waals surface area contributed by atoms with Crippen molar-refractivity contribution in [2.45, 2.75) is 58.1 Å². The van der Waals surface area contributed by atoms with Gasteiger partial charge in [0.1, 0.15) is 4.90 Å². The molecule has 1 rings (SSSR count). The van der Waals surface area contributed by atoms with Crippen LogP contribution in [-0.2, 0) is 16.6 Å². The first-order valence-electron chi connectivity index (χ1n) is 7.12. The van der Waals surface area contributed by atoms with Crippen molar-refractivity contribution in [3.05, 3.63) is 18.0 Å². The van der Waals surface area contributed by atoms with E-state index in [1.54, 1.807) is 12.3 Å². The molecule has 0 aromatic carbocycles. The number of sulfonamides is 1. The van der Waals surface area contributed by atoms with E-state index in [1.807, 2.05) is 32.4 Å². The smallest absolute Gasteiger partial charge is 0.244 e. The lowest BCUT2D eigenvalue weighted by atomic mass is 10.3. The van der Waals surface area contributed by atoms with Gasteiger partial charge in [-0.3, -0.25) is 0 Å². The SMILES string of the molecule is CCN(C(C)C)S(=O)(=O)c1cc(CNC)n(C(C)C)c1. The largest absolute Gasteiger partial charge is 0.346 e. The normalized spacial score (nSPS) is 12.8. The Morgan fingerprint density at radius 3 is 2.30 bits per heavy atom. The quantitative estimate of drug-likeness (QED) is 0.840. The third-order valence-electron chi connectivity index (χ3n) is 3.32. The summed E-state index contributed by atoms with van der Waals surface area (Å²) in [6.07, 6.45) is 1.75. The summed E-state index contributed by atoms with van der Waals surface area (Å²) in [5, 5.41) is 3.08. The Kier molecular flexibility index (Phi) is 5.79. The zero-order chi connectivity index (χ0) is 15.5. The van der Waals surface area contributed by atoms with Gasteiger partial charge in [0.2, 0.25) is 10.0 Å². The number of nitrogens with one attached hydrogen (secondary N) is 1. The van der Waals surface area contributed by atoms with Gasteiger partial charge in [-0.2, -0.15) is 4.31 Å². The minimum atomic E-state index is -3.42. The summed E-state index contributed by atoms with van der Waals surface area (Å²) < 4.78 is 28.9. The molecule has 0 bridgehead atoms. The van der Waals surface area contributed by atoms with E-state index in [9.17, 15) is 8.42 Å². The molecule has 6 heteroatoms. The molecule has 0 aliphatic rings. The maximum atomic E-state index is 12.7. The summed E-state index contributed by atoms with van der Waals surface area (Å²) in [7, 11) is -1.56. The van der Waals surface area contributed by atoms with E-state index in [0.29, 0.717) is 18.0 Å². The van der Waals surface area contributed by atoms with Crippen molar-refractivity contribution in [2.24, 2.45) is 0 Å². The first-order valence-corrected chi connectivity index (χ1v) is 8.56. The summed E-state index contributed by atoms with van der Waals surface area (Å²) in [5.74, 6) is 0. The van der Waals surface area contributed by atoms with Crippen LogP contribution in [0.15, 0.2) is 17.2 Å². The maximum Gasteiger partial charge on any atom is 0.244 e. The van der Waals surface area contributed by atoms with E-state index in [4.69, 9.17) is 0 Å². The van der Waals surface area contributed by atoms with Crippen LogP contribution in [0.4, 0.5) is 0 Å². The molecule has 1 aromatic rings. The second kappa shape index (κ2) is 6.74. The highest BCUT2D eigenvalue weighted by Gasteiger charge is 2.27. The van der Waals surface area contributed by atoms with Gasteiger partial charge in [-0.1, -0.05) is 6.92 Å². The molecule has 116 valence electrons. The van der Waals surface area contributed by atoms with Gasteiger partial charge < -0.3 is 9.88 Å². The Hall–Kier alpha value is -0.850. The molecule has 0 aliphatic carbocycles. The lowest BCUT2D eigenvalue weighted by Gasteiger charge is -2.23. The van der Waals surface area contributed by atoms with Crippen LogP contribution in [0.25, 0.3) is 0 Å². The molecule has 0 fully saturated rings. The molecule has 0 radical (unpaired) electrons. The van der Waals surface area contributed by atoms with Gasteiger partial charge in [0.15, 0.2) is 0 Å². The van der Waals surface area contributed by atoms with E-state index in [1.165, 1.54) is 4.31 Å². The molecule has 1 N–H and O–H groups in total. The first kappa shape index (κ1) is 17.2. The minimum absolute atomic E-state index is 0.0415. The fraction of sp³-hybridized carbons (Fsp3) is 0.714. The van der Waals surface area contributed by atoms with Crippen LogP contribution in [-0.4, -0.2) is 36.9 Å². The molecule has 0 saturated carbocycles. The van der Waals surface area contributed by atoms with Crippen LogP contribution in [0.3, 0.4) is 0 Å². The molecule has 0 amide bonds. The number of hydrogen-bond acceptors (Lipinski definition) is 3. The molecular weight excluding hydrogens is 274 g/mol. The standard InChI is InChI=1S/C14H27N3O2S/c1-7-17(12(4)5)20(18,19)14-8-13(9-15-6)16(10-14)11(2)3/h8,10-12,15H,7,9H2,1-6H3. The van der Waals surface area contributed by atoms with E-state index >= 15 is 0 Å². The van der Waals surface area contributed by atoms with E-state index in [-0.39, 0.29) is 12.1 Å². The van der Waals surface area contributed by atoms with Crippen molar-refractivity contribution in [2.75, 3.05) is 13.6 Å². The number of aromatic nitrogens is 1. The zero-order valence-electron chi connectivity index (χ0n) is 13.3. The van der Waals surface area contributed by atoms with Gasteiger partial charge in [0.25, 0.3) is 0 Å². The average Bonchev–Trinajstić information content (AvgIpc) is 2.74. The van der Waals surface area contributed by atoms with Gasteiger partial charge in [-0.25, -0.2) is 8.42 Å². The third kappa shape index (κ3) is 3.42. The molecule has 0 aliphatic heterocycles. The molecule has 1 heterocycles. The van der Waals surface area contributed by atoms with Gasteiger partial charge in [0, 0.05) is 37.1 Å². The molecule has 0 unspecified atom stereocenters. The summed E-state index contributed by atoms with van der Waals surface area (Å²) in [4.78, 5) is 0.381. The second-order valence-corrected chi connectivity index (χ2v) is 7.39. The molecule has 0 spiro atoms. The van der Waals surface area contributed by atoms with Gasteiger partial charge in [0.05, 0.1) is 0 Å². The summed E-state index contributed by atoms with van der Waals surface area (Å²) >= 11 is 0. The lowest BCUT2D eigenvalue weighted by Crippen LogP contribution is -2.36. The molecule has 0 atom stereocenters. The van der Waals surface area contributed by atoms with Crippen molar-refractivity contribution >= 4 is 10.0 Å². The van der Waals surface area contributed by atoms with Gasteiger partial charge in [-0.15, -0.1) is 0 Å². The second-order valence-electron chi connectivity index (χ2n) is 5.50. The molecule has 5 nitrogen and oxygen atoms in total. The van der Waals surface area contributed by atoms with Crippen molar-refractivity contribution in [3.63, 3.8) is 0 Å². The monoisotopic (exact) mass is 301 g/mol. The summed E-state index contributed by atoms with van der Waals surface area (Å²) in [6.45, 7) is 10.9. The summed E-state index contributed by atoms with van der Waals surface area (Å²) in [5.41, 5.74) is 0.987. The van der Waals surface area contributed by atoms with Crippen LogP contribution in [0.2, 0.25) is 0 Å². The zero-order valence-corrected chi connectivity index (χ0v) is 14.2. The first-order chi connectivity index (χ1) is 9.25. The van der Waals surface area contributed by atoms with E-state index in [2.05, 4.69) is 19.2 Å². The van der Waals surface area contributed by atoms with Crippen molar-refractivity contribution in [1.82, 2.24) is 14.2 Å². The van der Waals surface area contributed by atoms with Crippen molar-refractivity contribution in [1.29, 1.82) is 0 Å². The van der Waals surface area contributed by atoms with Crippen LogP contribution < -0.4 is 5.32 Å². The maximum absolute atomic E-state index is 12.7.